The number of hydrogen-bond acceptors (Lipinski definition) is 4. The van der Waals surface area contributed by atoms with Crippen molar-refractivity contribution in [2.45, 2.75) is 62.8 Å². The molecule has 1 aromatic rings. The van der Waals surface area contributed by atoms with E-state index in [2.05, 4.69) is 15.5 Å². The molecule has 2 N–H and O–H groups in total. The summed E-state index contributed by atoms with van der Waals surface area (Å²) in [5, 5.41) is 6.08. The first-order chi connectivity index (χ1) is 13.2. The van der Waals surface area contributed by atoms with Crippen molar-refractivity contribution in [2.24, 2.45) is 0 Å². The fraction of sp³-hybridized carbons (Fsp3) is 0.619. The van der Waals surface area contributed by atoms with Crippen molar-refractivity contribution < 1.29 is 14.3 Å². The van der Waals surface area contributed by atoms with Crippen LogP contribution in [-0.2, 0) is 14.3 Å². The topological polar surface area (TPSA) is 70.7 Å². The van der Waals surface area contributed by atoms with Crippen molar-refractivity contribution in [3.63, 3.8) is 0 Å². The Kier molecular flexibility index (Phi) is 5.74. The molecule has 2 atom stereocenters. The molecule has 1 aromatic carbocycles. The van der Waals surface area contributed by atoms with E-state index in [1.54, 1.807) is 0 Å². The molecule has 2 aliphatic heterocycles. The third kappa shape index (κ3) is 4.33. The molecule has 6 nitrogen and oxygen atoms in total. The standard InChI is InChI=1S/C21H29N3O3/c25-18-14-27-20(19(23-18)15-6-2-1-3-7-15)21(26)22-16-10-12-24(13-11-16)17-8-4-5-9-17/h1-3,6-7,16-17,19-20H,4-5,8-14H2,(H,22,26)(H,23,25)/t19-,20+/m1/s1. The minimum atomic E-state index is -0.682. The maximum atomic E-state index is 12.9. The van der Waals surface area contributed by atoms with E-state index in [4.69, 9.17) is 4.74 Å². The fourth-order valence-corrected chi connectivity index (χ4v) is 4.66. The first-order valence-corrected chi connectivity index (χ1v) is 10.2. The van der Waals surface area contributed by atoms with Crippen molar-refractivity contribution in [2.75, 3.05) is 19.7 Å². The third-order valence-electron chi connectivity index (χ3n) is 6.15. The lowest BCUT2D eigenvalue weighted by atomic mass is 9.97. The van der Waals surface area contributed by atoms with Crippen LogP contribution < -0.4 is 10.6 Å². The number of hydrogen-bond donors (Lipinski definition) is 2. The first-order valence-electron chi connectivity index (χ1n) is 10.2. The van der Waals surface area contributed by atoms with Crippen molar-refractivity contribution >= 4 is 11.8 Å². The minimum Gasteiger partial charge on any atom is -0.356 e. The Labute approximate surface area is 160 Å². The first kappa shape index (κ1) is 18.4. The summed E-state index contributed by atoms with van der Waals surface area (Å²) in [4.78, 5) is 27.3. The molecular weight excluding hydrogens is 342 g/mol. The quantitative estimate of drug-likeness (QED) is 0.846. The highest BCUT2D eigenvalue weighted by atomic mass is 16.5. The van der Waals surface area contributed by atoms with Gasteiger partial charge in [-0.3, -0.25) is 9.59 Å². The van der Waals surface area contributed by atoms with E-state index < -0.39 is 12.1 Å². The number of ether oxygens (including phenoxy) is 1. The molecule has 4 rings (SSSR count). The summed E-state index contributed by atoms with van der Waals surface area (Å²) in [6.45, 7) is 2.04. The van der Waals surface area contributed by atoms with Gasteiger partial charge < -0.3 is 20.3 Å². The molecule has 2 heterocycles. The van der Waals surface area contributed by atoms with Crippen LogP contribution in [0.25, 0.3) is 0 Å². The number of likely N-dealkylation sites (tertiary alicyclic amines) is 1. The Morgan fingerprint density at radius 3 is 2.48 bits per heavy atom. The molecule has 0 radical (unpaired) electrons. The largest absolute Gasteiger partial charge is 0.356 e. The van der Waals surface area contributed by atoms with E-state index in [1.807, 2.05) is 30.3 Å². The van der Waals surface area contributed by atoms with Crippen LogP contribution in [0.2, 0.25) is 0 Å². The second-order valence-electron chi connectivity index (χ2n) is 7.94. The van der Waals surface area contributed by atoms with Gasteiger partial charge in [-0.2, -0.15) is 0 Å². The maximum absolute atomic E-state index is 12.9. The van der Waals surface area contributed by atoms with Gasteiger partial charge in [-0.1, -0.05) is 43.2 Å². The summed E-state index contributed by atoms with van der Waals surface area (Å²) >= 11 is 0. The van der Waals surface area contributed by atoms with Crippen LogP contribution in [0.5, 0.6) is 0 Å². The number of carbonyl (C=O) groups is 2. The smallest absolute Gasteiger partial charge is 0.251 e. The van der Waals surface area contributed by atoms with Crippen molar-refractivity contribution in [3.05, 3.63) is 35.9 Å². The van der Waals surface area contributed by atoms with E-state index in [1.165, 1.54) is 25.7 Å². The van der Waals surface area contributed by atoms with Crippen LogP contribution in [-0.4, -0.2) is 54.6 Å². The van der Waals surface area contributed by atoms with E-state index in [9.17, 15) is 9.59 Å². The fourth-order valence-electron chi connectivity index (χ4n) is 4.66. The summed E-state index contributed by atoms with van der Waals surface area (Å²) in [5.74, 6) is -0.305. The number of amides is 2. The molecule has 0 spiro atoms. The Balaban J connectivity index is 1.35. The Morgan fingerprint density at radius 2 is 1.78 bits per heavy atom. The molecule has 27 heavy (non-hydrogen) atoms. The molecule has 2 amide bonds. The van der Waals surface area contributed by atoms with Crippen LogP contribution in [0.3, 0.4) is 0 Å². The summed E-state index contributed by atoms with van der Waals surface area (Å²) in [6.07, 6.45) is 6.64. The van der Waals surface area contributed by atoms with Gasteiger partial charge in [0.2, 0.25) is 5.91 Å². The van der Waals surface area contributed by atoms with E-state index in [-0.39, 0.29) is 24.5 Å². The van der Waals surface area contributed by atoms with Gasteiger partial charge >= 0.3 is 0 Å². The lowest BCUT2D eigenvalue weighted by Gasteiger charge is -2.37. The van der Waals surface area contributed by atoms with Crippen LogP contribution >= 0.6 is 0 Å². The molecule has 1 saturated carbocycles. The van der Waals surface area contributed by atoms with Crippen LogP contribution in [0.15, 0.2) is 30.3 Å². The summed E-state index contributed by atoms with van der Waals surface area (Å²) < 4.78 is 5.63. The molecule has 1 aliphatic carbocycles. The van der Waals surface area contributed by atoms with Gasteiger partial charge in [0.25, 0.3) is 5.91 Å². The van der Waals surface area contributed by atoms with Crippen LogP contribution in [0.4, 0.5) is 0 Å². The Hall–Kier alpha value is -1.92. The number of morpholine rings is 1. The Morgan fingerprint density at radius 1 is 1.07 bits per heavy atom. The summed E-state index contributed by atoms with van der Waals surface area (Å²) in [5.41, 5.74) is 0.891. The number of carbonyl (C=O) groups excluding carboxylic acids is 2. The van der Waals surface area contributed by atoms with E-state index in [0.717, 1.165) is 37.5 Å². The number of piperidine rings is 1. The average molecular weight is 371 g/mol. The normalized spacial score (nSPS) is 28.1. The highest BCUT2D eigenvalue weighted by Gasteiger charge is 2.37. The van der Waals surface area contributed by atoms with Gasteiger partial charge in [0.15, 0.2) is 6.10 Å². The van der Waals surface area contributed by atoms with Crippen molar-refractivity contribution in [1.29, 1.82) is 0 Å². The van der Waals surface area contributed by atoms with E-state index in [0.29, 0.717) is 0 Å². The van der Waals surface area contributed by atoms with Gasteiger partial charge in [0.05, 0.1) is 6.04 Å². The minimum absolute atomic E-state index is 0.0679. The van der Waals surface area contributed by atoms with Crippen molar-refractivity contribution in [1.82, 2.24) is 15.5 Å². The zero-order chi connectivity index (χ0) is 18.6. The summed E-state index contributed by atoms with van der Waals surface area (Å²) in [6, 6.07) is 10.1. The number of rotatable bonds is 4. The monoisotopic (exact) mass is 371 g/mol. The highest BCUT2D eigenvalue weighted by Crippen LogP contribution is 2.27. The van der Waals surface area contributed by atoms with Gasteiger partial charge in [-0.15, -0.1) is 0 Å². The number of benzene rings is 1. The summed E-state index contributed by atoms with van der Waals surface area (Å²) in [7, 11) is 0. The molecule has 0 unspecified atom stereocenters. The zero-order valence-corrected chi connectivity index (χ0v) is 15.7. The molecule has 0 bridgehead atoms. The zero-order valence-electron chi connectivity index (χ0n) is 15.7. The van der Waals surface area contributed by atoms with E-state index >= 15 is 0 Å². The van der Waals surface area contributed by atoms with Crippen LogP contribution in [0, 0.1) is 0 Å². The molecule has 0 aromatic heterocycles. The second kappa shape index (κ2) is 8.40. The SMILES string of the molecule is O=C1CO[C@H](C(=O)NC2CCN(C3CCCC3)CC2)[C@@H](c2ccccc2)N1. The van der Waals surface area contributed by atoms with Gasteiger partial charge in [-0.05, 0) is 31.2 Å². The lowest BCUT2D eigenvalue weighted by molar-refractivity contribution is -0.148. The molecular formula is C21H29N3O3. The third-order valence-corrected chi connectivity index (χ3v) is 6.15. The predicted molar refractivity (Wildman–Crippen MR) is 102 cm³/mol. The van der Waals surface area contributed by atoms with Gasteiger partial charge in [0.1, 0.15) is 6.61 Å². The molecule has 6 heteroatoms. The molecule has 3 fully saturated rings. The van der Waals surface area contributed by atoms with Crippen molar-refractivity contribution in [3.8, 4) is 0 Å². The van der Waals surface area contributed by atoms with Crippen LogP contribution in [0.1, 0.15) is 50.1 Å². The number of nitrogens with zero attached hydrogens (tertiary/aromatic N) is 1. The second-order valence-corrected chi connectivity index (χ2v) is 7.94. The van der Waals surface area contributed by atoms with Gasteiger partial charge in [-0.25, -0.2) is 0 Å². The molecule has 146 valence electrons. The van der Waals surface area contributed by atoms with Gasteiger partial charge in [0, 0.05) is 25.2 Å². The molecule has 3 aliphatic rings. The average Bonchev–Trinajstić information content (AvgIpc) is 3.24. The lowest BCUT2D eigenvalue weighted by Crippen LogP contribution is -2.55. The highest BCUT2D eigenvalue weighted by molar-refractivity contribution is 5.86. The maximum Gasteiger partial charge on any atom is 0.251 e. The Bertz CT molecular complexity index is 652. The predicted octanol–water partition coefficient (Wildman–Crippen LogP) is 1.77. The number of nitrogens with one attached hydrogen (secondary N) is 2. The molecule has 2 saturated heterocycles.